The first-order chi connectivity index (χ1) is 12.7. The predicted molar refractivity (Wildman–Crippen MR) is 70.1 cm³/mol. The highest BCUT2D eigenvalue weighted by Gasteiger charge is 2.91. The highest BCUT2D eigenvalue weighted by Crippen LogP contribution is 2.67. The van der Waals surface area contributed by atoms with E-state index in [4.69, 9.17) is 0 Å². The molecule has 0 aromatic rings. The van der Waals surface area contributed by atoms with Crippen molar-refractivity contribution in [2.24, 2.45) is 5.41 Å². The lowest BCUT2D eigenvalue weighted by atomic mass is 9.72. The number of alkyl halides is 13. The van der Waals surface area contributed by atoms with Crippen LogP contribution < -0.4 is 0 Å². The van der Waals surface area contributed by atoms with Crippen LogP contribution in [0.3, 0.4) is 0 Å². The molecule has 0 bridgehead atoms. The van der Waals surface area contributed by atoms with E-state index in [1.165, 1.54) is 0 Å². The fraction of sp³-hybridized carbons (Fsp3) is 0.786. The summed E-state index contributed by atoms with van der Waals surface area (Å²) >= 11 is 0. The third-order valence-corrected chi connectivity index (χ3v) is 3.86. The SMILES string of the molecule is C=CC(=O)OCCCCCC(C(F)(F)F)(C(F)(F)F)C(F)(F)C(F)(F)C(F)(F)F. The first kappa shape index (κ1) is 27.3. The minimum Gasteiger partial charge on any atom is -0.463 e. The smallest absolute Gasteiger partial charge is 0.459 e. The maximum atomic E-state index is 13.7. The van der Waals surface area contributed by atoms with Gasteiger partial charge in [0.2, 0.25) is 5.41 Å². The van der Waals surface area contributed by atoms with E-state index in [0.717, 1.165) is 0 Å². The fourth-order valence-electron chi connectivity index (χ4n) is 2.30. The van der Waals surface area contributed by atoms with Crippen LogP contribution in [0.2, 0.25) is 0 Å². The molecule has 0 rings (SSSR count). The van der Waals surface area contributed by atoms with Crippen molar-refractivity contribution < 1.29 is 66.6 Å². The standard InChI is InChI=1S/C14H13F13O2/c1-2-8(28)29-7-5-3-4-6-9(12(19,20)21,13(22,23)24)10(15,16)11(17,18)14(25,26)27/h2H,1,3-7H2. The lowest BCUT2D eigenvalue weighted by molar-refractivity contribution is -0.461. The van der Waals surface area contributed by atoms with E-state index in [-0.39, 0.29) is 0 Å². The second-order valence-corrected chi connectivity index (χ2v) is 5.73. The summed E-state index contributed by atoms with van der Waals surface area (Å²) in [5, 5.41) is 0. The van der Waals surface area contributed by atoms with Crippen LogP contribution in [0.1, 0.15) is 25.7 Å². The Kier molecular flexibility index (Phi) is 8.08. The zero-order valence-electron chi connectivity index (χ0n) is 14.1. The molecule has 15 heteroatoms. The molecule has 0 aromatic carbocycles. The van der Waals surface area contributed by atoms with Gasteiger partial charge in [0.05, 0.1) is 6.61 Å². The number of unbranched alkanes of at least 4 members (excludes halogenated alkanes) is 2. The van der Waals surface area contributed by atoms with E-state index >= 15 is 0 Å². The Morgan fingerprint density at radius 1 is 0.690 bits per heavy atom. The van der Waals surface area contributed by atoms with Crippen molar-refractivity contribution in [3.8, 4) is 0 Å². The summed E-state index contributed by atoms with van der Waals surface area (Å²) in [5.74, 6) is -16.3. The summed E-state index contributed by atoms with van der Waals surface area (Å²) in [5.41, 5.74) is -6.68. The van der Waals surface area contributed by atoms with Crippen LogP contribution in [-0.4, -0.2) is 43.0 Å². The van der Waals surface area contributed by atoms with Gasteiger partial charge in [-0.15, -0.1) is 0 Å². The third kappa shape index (κ3) is 5.08. The molecule has 0 aliphatic carbocycles. The van der Waals surface area contributed by atoms with Crippen LogP contribution in [0.25, 0.3) is 0 Å². The van der Waals surface area contributed by atoms with Gasteiger partial charge in [-0.25, -0.2) is 4.79 Å². The first-order valence-electron chi connectivity index (χ1n) is 7.45. The maximum absolute atomic E-state index is 13.7. The lowest BCUT2D eigenvalue weighted by Crippen LogP contribution is -2.70. The molecule has 0 unspecified atom stereocenters. The predicted octanol–water partition coefficient (Wildman–Crippen LogP) is 6.22. The van der Waals surface area contributed by atoms with Crippen molar-refractivity contribution in [1.29, 1.82) is 0 Å². The van der Waals surface area contributed by atoms with Crippen molar-refractivity contribution >= 4 is 5.97 Å². The molecule has 0 atom stereocenters. The Labute approximate surface area is 154 Å². The van der Waals surface area contributed by atoms with E-state index in [1.54, 1.807) is 0 Å². The molecule has 0 N–H and O–H groups in total. The molecular weight excluding hydrogens is 447 g/mol. The number of halogens is 13. The second-order valence-electron chi connectivity index (χ2n) is 5.73. The Morgan fingerprint density at radius 2 is 1.14 bits per heavy atom. The van der Waals surface area contributed by atoms with Crippen LogP contribution in [0.5, 0.6) is 0 Å². The van der Waals surface area contributed by atoms with E-state index in [9.17, 15) is 61.9 Å². The van der Waals surface area contributed by atoms with Crippen molar-refractivity contribution in [2.75, 3.05) is 6.61 Å². The Bertz CT molecular complexity index is 558. The van der Waals surface area contributed by atoms with Crippen LogP contribution in [-0.2, 0) is 9.53 Å². The molecule has 0 saturated carbocycles. The number of hydrogen-bond donors (Lipinski definition) is 0. The van der Waals surface area contributed by atoms with Gasteiger partial charge in [-0.2, -0.15) is 57.1 Å². The van der Waals surface area contributed by atoms with Gasteiger partial charge in [-0.1, -0.05) is 19.4 Å². The summed E-state index contributed by atoms with van der Waals surface area (Å²) in [6.45, 7) is 2.37. The minimum absolute atomic E-state index is 0.480. The number of carbonyl (C=O) groups excluding carboxylic acids is 1. The van der Waals surface area contributed by atoms with E-state index < -0.39 is 74.0 Å². The summed E-state index contributed by atoms with van der Waals surface area (Å²) in [7, 11) is 0. The average Bonchev–Trinajstić information content (AvgIpc) is 2.49. The molecule has 0 spiro atoms. The van der Waals surface area contributed by atoms with Gasteiger partial charge in [-0.05, 0) is 12.8 Å². The summed E-state index contributed by atoms with van der Waals surface area (Å²) in [4.78, 5) is 10.7. The normalized spacial score (nSPS) is 14.7. The molecule has 0 heterocycles. The van der Waals surface area contributed by atoms with Gasteiger partial charge in [0.1, 0.15) is 0 Å². The Morgan fingerprint density at radius 3 is 1.48 bits per heavy atom. The van der Waals surface area contributed by atoms with Crippen molar-refractivity contribution in [3.05, 3.63) is 12.7 Å². The molecular formula is C14H13F13O2. The lowest BCUT2D eigenvalue weighted by Gasteiger charge is -2.45. The van der Waals surface area contributed by atoms with E-state index in [1.807, 2.05) is 0 Å². The van der Waals surface area contributed by atoms with Gasteiger partial charge in [0.15, 0.2) is 0 Å². The van der Waals surface area contributed by atoms with Crippen molar-refractivity contribution in [3.63, 3.8) is 0 Å². The molecule has 0 aromatic heterocycles. The quantitative estimate of drug-likeness (QED) is 0.177. The first-order valence-corrected chi connectivity index (χ1v) is 7.45. The molecule has 172 valence electrons. The van der Waals surface area contributed by atoms with Crippen LogP contribution >= 0.6 is 0 Å². The second kappa shape index (κ2) is 8.58. The molecule has 0 aliphatic heterocycles. The summed E-state index contributed by atoms with van der Waals surface area (Å²) < 4.78 is 173. The maximum Gasteiger partial charge on any atom is 0.459 e. The fourth-order valence-corrected chi connectivity index (χ4v) is 2.30. The molecule has 0 aliphatic rings. The Hall–Kier alpha value is -1.70. The summed E-state index contributed by atoms with van der Waals surface area (Å²) in [6, 6.07) is 0. The zero-order chi connectivity index (χ0) is 23.5. The van der Waals surface area contributed by atoms with Gasteiger partial charge >= 0.3 is 36.3 Å². The third-order valence-electron chi connectivity index (χ3n) is 3.86. The van der Waals surface area contributed by atoms with E-state index in [2.05, 4.69) is 11.3 Å². The molecule has 0 radical (unpaired) electrons. The van der Waals surface area contributed by atoms with Crippen LogP contribution in [0, 0.1) is 5.41 Å². The zero-order valence-corrected chi connectivity index (χ0v) is 14.1. The van der Waals surface area contributed by atoms with Crippen molar-refractivity contribution in [2.45, 2.75) is 56.1 Å². The van der Waals surface area contributed by atoms with E-state index in [0.29, 0.717) is 6.08 Å². The number of hydrogen-bond acceptors (Lipinski definition) is 2. The highest BCUT2D eigenvalue weighted by molar-refractivity contribution is 5.81. The summed E-state index contributed by atoms with van der Waals surface area (Å²) in [6.07, 6.45) is -26.7. The largest absolute Gasteiger partial charge is 0.463 e. The van der Waals surface area contributed by atoms with Gasteiger partial charge in [0, 0.05) is 6.08 Å². The molecule has 0 fully saturated rings. The monoisotopic (exact) mass is 460 g/mol. The topological polar surface area (TPSA) is 26.3 Å². The number of rotatable bonds is 9. The van der Waals surface area contributed by atoms with Crippen LogP contribution in [0.4, 0.5) is 57.1 Å². The average molecular weight is 460 g/mol. The highest BCUT2D eigenvalue weighted by atomic mass is 19.4. The Balaban J connectivity index is 5.95. The number of ether oxygens (including phenoxy) is 1. The van der Waals surface area contributed by atoms with Crippen molar-refractivity contribution in [1.82, 2.24) is 0 Å². The minimum atomic E-state index is -7.63. The molecule has 2 nitrogen and oxygen atoms in total. The van der Waals surface area contributed by atoms with Gasteiger partial charge in [0.25, 0.3) is 0 Å². The van der Waals surface area contributed by atoms with Gasteiger partial charge in [-0.3, -0.25) is 0 Å². The van der Waals surface area contributed by atoms with Gasteiger partial charge < -0.3 is 4.74 Å². The number of carbonyl (C=O) groups is 1. The number of esters is 1. The molecule has 29 heavy (non-hydrogen) atoms. The molecule has 0 amide bonds. The molecule has 0 saturated heterocycles. The van der Waals surface area contributed by atoms with Crippen LogP contribution in [0.15, 0.2) is 12.7 Å².